The minimum atomic E-state index is -3.63. The number of rotatable bonds is 7. The maximum absolute atomic E-state index is 12.4. The summed E-state index contributed by atoms with van der Waals surface area (Å²) in [6.07, 6.45) is 0. The van der Waals surface area contributed by atoms with Gasteiger partial charge in [0, 0.05) is 39.9 Å². The zero-order valence-corrected chi connectivity index (χ0v) is 16.5. The van der Waals surface area contributed by atoms with Crippen molar-refractivity contribution in [3.8, 4) is 0 Å². The van der Waals surface area contributed by atoms with Crippen LogP contribution in [0.1, 0.15) is 10.4 Å². The molecule has 0 saturated carbocycles. The van der Waals surface area contributed by atoms with Gasteiger partial charge in [-0.15, -0.1) is 0 Å². The molecule has 0 aliphatic rings. The van der Waals surface area contributed by atoms with E-state index in [1.54, 1.807) is 0 Å². The third kappa shape index (κ3) is 4.75. The summed E-state index contributed by atoms with van der Waals surface area (Å²) in [6.45, 7) is 0.994. The average molecular weight is 396 g/mol. The maximum Gasteiger partial charge on any atom is 0.252 e. The Morgan fingerprint density at radius 1 is 1.08 bits per heavy atom. The van der Waals surface area contributed by atoms with Crippen LogP contribution in [0, 0.1) is 0 Å². The lowest BCUT2D eigenvalue weighted by atomic mass is 10.2. The molecule has 0 aromatic heterocycles. The summed E-state index contributed by atoms with van der Waals surface area (Å²) in [5.41, 5.74) is 1.18. The zero-order chi connectivity index (χ0) is 19.3. The fourth-order valence-corrected chi connectivity index (χ4v) is 3.43. The van der Waals surface area contributed by atoms with Gasteiger partial charge >= 0.3 is 0 Å². The van der Waals surface area contributed by atoms with Crippen molar-refractivity contribution in [2.75, 3.05) is 39.1 Å². The van der Waals surface area contributed by atoms with Crippen LogP contribution in [0.5, 0.6) is 0 Å². The maximum atomic E-state index is 12.4. The molecule has 8 heteroatoms. The fraction of sp³-hybridized carbons (Fsp3) is 0.278. The van der Waals surface area contributed by atoms with Crippen LogP contribution in [0.3, 0.4) is 0 Å². The predicted molar refractivity (Wildman–Crippen MR) is 104 cm³/mol. The SMILES string of the molecule is CN(CCNC(=O)c1cc(S(=O)(=O)N(C)C)ccc1Cl)c1ccccc1. The third-order valence-corrected chi connectivity index (χ3v) is 6.03. The molecule has 26 heavy (non-hydrogen) atoms. The molecule has 2 aromatic rings. The summed E-state index contributed by atoms with van der Waals surface area (Å²) in [6, 6.07) is 13.9. The van der Waals surface area contributed by atoms with Crippen LogP contribution in [0.2, 0.25) is 5.02 Å². The molecule has 0 spiro atoms. The van der Waals surface area contributed by atoms with E-state index in [1.807, 2.05) is 42.3 Å². The van der Waals surface area contributed by atoms with Gasteiger partial charge in [-0.05, 0) is 30.3 Å². The lowest BCUT2D eigenvalue weighted by molar-refractivity contribution is 0.0954. The lowest BCUT2D eigenvalue weighted by Gasteiger charge is -2.19. The molecule has 0 saturated heterocycles. The molecule has 0 aliphatic heterocycles. The summed E-state index contributed by atoms with van der Waals surface area (Å²) in [5.74, 6) is -0.410. The van der Waals surface area contributed by atoms with Gasteiger partial charge in [0.25, 0.3) is 5.91 Å². The van der Waals surface area contributed by atoms with Crippen LogP contribution in [0.15, 0.2) is 53.4 Å². The van der Waals surface area contributed by atoms with Crippen molar-refractivity contribution in [3.63, 3.8) is 0 Å². The molecular weight excluding hydrogens is 374 g/mol. The van der Waals surface area contributed by atoms with Crippen molar-refractivity contribution in [2.45, 2.75) is 4.90 Å². The van der Waals surface area contributed by atoms with E-state index in [0.717, 1.165) is 9.99 Å². The molecule has 0 heterocycles. The Morgan fingerprint density at radius 3 is 2.35 bits per heavy atom. The van der Waals surface area contributed by atoms with Crippen LogP contribution < -0.4 is 10.2 Å². The quantitative estimate of drug-likeness (QED) is 0.781. The van der Waals surface area contributed by atoms with Crippen LogP contribution in [0.4, 0.5) is 5.69 Å². The van der Waals surface area contributed by atoms with Crippen molar-refractivity contribution < 1.29 is 13.2 Å². The van der Waals surface area contributed by atoms with Crippen molar-refractivity contribution in [1.82, 2.24) is 9.62 Å². The highest BCUT2D eigenvalue weighted by Crippen LogP contribution is 2.22. The highest BCUT2D eigenvalue weighted by molar-refractivity contribution is 7.89. The van der Waals surface area contributed by atoms with Gasteiger partial charge in [0.05, 0.1) is 15.5 Å². The van der Waals surface area contributed by atoms with Gasteiger partial charge in [0.1, 0.15) is 0 Å². The molecule has 1 amide bonds. The molecule has 6 nitrogen and oxygen atoms in total. The zero-order valence-electron chi connectivity index (χ0n) is 14.9. The second kappa shape index (κ2) is 8.53. The summed E-state index contributed by atoms with van der Waals surface area (Å²) in [7, 11) is 1.16. The van der Waals surface area contributed by atoms with E-state index in [1.165, 1.54) is 32.3 Å². The fourth-order valence-electron chi connectivity index (χ4n) is 2.29. The van der Waals surface area contributed by atoms with Gasteiger partial charge in [0.2, 0.25) is 10.0 Å². The molecule has 1 N–H and O–H groups in total. The van der Waals surface area contributed by atoms with E-state index < -0.39 is 15.9 Å². The average Bonchev–Trinajstić information content (AvgIpc) is 2.62. The van der Waals surface area contributed by atoms with E-state index in [9.17, 15) is 13.2 Å². The molecule has 0 radical (unpaired) electrons. The largest absolute Gasteiger partial charge is 0.373 e. The Labute approximate surface area is 159 Å². The van der Waals surface area contributed by atoms with Gasteiger partial charge in [0.15, 0.2) is 0 Å². The van der Waals surface area contributed by atoms with E-state index in [2.05, 4.69) is 5.32 Å². The summed E-state index contributed by atoms with van der Waals surface area (Å²) in [4.78, 5) is 14.4. The minimum Gasteiger partial charge on any atom is -0.373 e. The summed E-state index contributed by atoms with van der Waals surface area (Å²) >= 11 is 6.08. The normalized spacial score (nSPS) is 11.4. The second-order valence-corrected chi connectivity index (χ2v) is 8.50. The third-order valence-electron chi connectivity index (χ3n) is 3.89. The van der Waals surface area contributed by atoms with Gasteiger partial charge < -0.3 is 10.2 Å². The Hall–Kier alpha value is -2.09. The topological polar surface area (TPSA) is 69.7 Å². The molecule has 2 rings (SSSR count). The number of likely N-dealkylation sites (N-methyl/N-ethyl adjacent to an activating group) is 1. The van der Waals surface area contributed by atoms with Gasteiger partial charge in [-0.25, -0.2) is 12.7 Å². The van der Waals surface area contributed by atoms with Crippen LogP contribution >= 0.6 is 11.6 Å². The number of carbonyl (C=O) groups is 1. The standard InChI is InChI=1S/C18H22ClN3O3S/c1-21(2)26(24,25)15-9-10-17(19)16(13-15)18(23)20-11-12-22(3)14-7-5-4-6-8-14/h4-10,13H,11-12H2,1-3H3,(H,20,23). The number of benzene rings is 2. The molecular formula is C18H22ClN3O3S. The highest BCUT2D eigenvalue weighted by atomic mass is 35.5. The first-order valence-corrected chi connectivity index (χ1v) is 9.81. The molecule has 0 aliphatic carbocycles. The Kier molecular flexibility index (Phi) is 6.63. The van der Waals surface area contributed by atoms with E-state index in [-0.39, 0.29) is 15.5 Å². The molecule has 2 aromatic carbocycles. The summed E-state index contributed by atoms with van der Waals surface area (Å²) in [5, 5.41) is 2.98. The van der Waals surface area contributed by atoms with E-state index in [4.69, 9.17) is 11.6 Å². The lowest BCUT2D eigenvalue weighted by Crippen LogP contribution is -2.33. The van der Waals surface area contributed by atoms with Gasteiger partial charge in [-0.3, -0.25) is 4.79 Å². The number of hydrogen-bond acceptors (Lipinski definition) is 4. The number of nitrogens with one attached hydrogen (secondary N) is 1. The minimum absolute atomic E-state index is 0.0263. The van der Waals surface area contributed by atoms with Crippen LogP contribution in [0.25, 0.3) is 0 Å². The Bertz CT molecular complexity index is 871. The smallest absolute Gasteiger partial charge is 0.252 e. The van der Waals surface area contributed by atoms with Crippen molar-refractivity contribution in [1.29, 1.82) is 0 Å². The number of amides is 1. The highest BCUT2D eigenvalue weighted by Gasteiger charge is 2.20. The molecule has 0 bridgehead atoms. The van der Waals surface area contributed by atoms with Crippen LogP contribution in [-0.4, -0.2) is 52.9 Å². The molecule has 0 atom stereocenters. The number of carbonyl (C=O) groups excluding carboxylic acids is 1. The first kappa shape index (κ1) is 20.2. The van der Waals surface area contributed by atoms with Crippen LogP contribution in [-0.2, 0) is 10.0 Å². The summed E-state index contributed by atoms with van der Waals surface area (Å²) < 4.78 is 25.5. The Balaban J connectivity index is 2.05. The molecule has 0 unspecified atom stereocenters. The number of para-hydroxylation sites is 1. The monoisotopic (exact) mass is 395 g/mol. The predicted octanol–water partition coefficient (Wildman–Crippen LogP) is 2.46. The van der Waals surface area contributed by atoms with E-state index in [0.29, 0.717) is 13.1 Å². The number of hydrogen-bond donors (Lipinski definition) is 1. The van der Waals surface area contributed by atoms with Crippen molar-refractivity contribution >= 4 is 33.2 Å². The number of halogens is 1. The molecule has 140 valence electrons. The first-order valence-electron chi connectivity index (χ1n) is 8.00. The van der Waals surface area contributed by atoms with Gasteiger partial charge in [-0.1, -0.05) is 29.8 Å². The number of nitrogens with zero attached hydrogens (tertiary/aromatic N) is 2. The number of sulfonamides is 1. The van der Waals surface area contributed by atoms with Crippen molar-refractivity contribution in [3.05, 3.63) is 59.1 Å². The number of anilines is 1. The molecule has 0 fully saturated rings. The van der Waals surface area contributed by atoms with E-state index >= 15 is 0 Å². The first-order chi connectivity index (χ1) is 12.2. The van der Waals surface area contributed by atoms with Crippen molar-refractivity contribution in [2.24, 2.45) is 0 Å². The Morgan fingerprint density at radius 2 is 1.73 bits per heavy atom. The van der Waals surface area contributed by atoms with Gasteiger partial charge in [-0.2, -0.15) is 0 Å². The second-order valence-electron chi connectivity index (χ2n) is 5.94.